The van der Waals surface area contributed by atoms with Crippen LogP contribution < -0.4 is 9.64 Å². The highest BCUT2D eigenvalue weighted by Crippen LogP contribution is 2.46. The maximum Gasteiger partial charge on any atom is 0.339 e. The molecule has 5 aromatic rings. The van der Waals surface area contributed by atoms with E-state index in [1.165, 1.54) is 18.9 Å². The molecule has 2 aliphatic heterocycles. The summed E-state index contributed by atoms with van der Waals surface area (Å²) in [4.78, 5) is 27.6. The number of hydrogen-bond donors (Lipinski definition) is 1. The minimum Gasteiger partial charge on any atom is -0.490 e. The molecular weight excluding hydrogens is 673 g/mol. The molecule has 0 spiro atoms. The molecule has 1 fully saturated rings. The number of benzene rings is 2. The first-order chi connectivity index (χ1) is 25.4. The number of esters is 1. The number of halogens is 1. The third-order valence-electron chi connectivity index (χ3n) is 10.4. The summed E-state index contributed by atoms with van der Waals surface area (Å²) in [6, 6.07) is 17.7. The molecule has 0 saturated carbocycles. The van der Waals surface area contributed by atoms with Crippen LogP contribution in [0.25, 0.3) is 33.4 Å². The lowest BCUT2D eigenvalue weighted by atomic mass is 9.86. The number of para-hydroxylation sites is 1. The number of nitrogens with zero attached hydrogens (tertiary/aromatic N) is 5. The zero-order valence-corrected chi connectivity index (χ0v) is 31.6. The Balaban J connectivity index is 1.34. The number of anilines is 1. The summed E-state index contributed by atoms with van der Waals surface area (Å²) in [5, 5.41) is 12.3. The van der Waals surface area contributed by atoms with Crippen LogP contribution in [-0.4, -0.2) is 76.0 Å². The van der Waals surface area contributed by atoms with Gasteiger partial charge in [-0.25, -0.2) is 14.2 Å². The van der Waals surface area contributed by atoms with E-state index in [1.807, 2.05) is 87.5 Å². The van der Waals surface area contributed by atoms with Crippen molar-refractivity contribution in [1.82, 2.24) is 19.4 Å². The topological polar surface area (TPSA) is 102 Å². The van der Waals surface area contributed by atoms with Gasteiger partial charge < -0.3 is 28.8 Å². The Hall–Kier alpha value is -4.84. The summed E-state index contributed by atoms with van der Waals surface area (Å²) in [6.07, 6.45) is 1.15. The second kappa shape index (κ2) is 14.5. The lowest BCUT2D eigenvalue weighted by molar-refractivity contribution is -0.164. The summed E-state index contributed by atoms with van der Waals surface area (Å²) >= 11 is 0. The van der Waals surface area contributed by atoms with Crippen LogP contribution in [-0.2, 0) is 27.7 Å². The zero-order valence-electron chi connectivity index (χ0n) is 31.6. The van der Waals surface area contributed by atoms with E-state index in [1.54, 1.807) is 6.20 Å². The predicted molar refractivity (Wildman–Crippen MR) is 203 cm³/mol. The summed E-state index contributed by atoms with van der Waals surface area (Å²) in [7, 11) is 3.27. The van der Waals surface area contributed by atoms with Gasteiger partial charge in [0.05, 0.1) is 30.7 Å². The third-order valence-corrected chi connectivity index (χ3v) is 10.4. The Kier molecular flexibility index (Phi) is 10.0. The van der Waals surface area contributed by atoms with Gasteiger partial charge in [-0.05, 0) is 95.0 Å². The second-order valence-electron chi connectivity index (χ2n) is 14.9. The molecule has 7 rings (SSSR count). The minimum absolute atomic E-state index is 0.287. The number of pyridine rings is 2. The molecular formula is C42H48FN5O5. The number of ether oxygens (including phenoxy) is 3. The number of carbonyl (C=O) groups is 1. The molecule has 1 N–H and O–H groups in total. The summed E-state index contributed by atoms with van der Waals surface area (Å²) in [5.41, 5.74) is 7.39. The van der Waals surface area contributed by atoms with Crippen LogP contribution in [0.5, 0.6) is 5.75 Å². The molecule has 53 heavy (non-hydrogen) atoms. The Morgan fingerprint density at radius 3 is 2.47 bits per heavy atom. The highest BCUT2D eigenvalue weighted by atomic mass is 19.1. The molecule has 1 saturated heterocycles. The van der Waals surface area contributed by atoms with Crippen LogP contribution in [0.15, 0.2) is 60.8 Å². The van der Waals surface area contributed by atoms with Crippen molar-refractivity contribution in [2.75, 3.05) is 44.8 Å². The lowest BCUT2D eigenvalue weighted by Gasteiger charge is -2.38. The van der Waals surface area contributed by atoms with Crippen molar-refractivity contribution in [3.8, 4) is 28.1 Å². The fourth-order valence-corrected chi connectivity index (χ4v) is 7.75. The number of aliphatic hydroxyl groups excluding tert-OH is 1. The number of fused-ring (bicyclic) bond motifs is 2. The van der Waals surface area contributed by atoms with Crippen molar-refractivity contribution in [2.45, 2.75) is 65.4 Å². The number of methoxy groups -OCH3 is 1. The van der Waals surface area contributed by atoms with E-state index < -0.39 is 29.7 Å². The molecule has 2 aliphatic rings. The molecule has 5 heterocycles. The molecule has 0 amide bonds. The number of aromatic nitrogens is 3. The molecule has 11 heteroatoms. The number of carbonyl (C=O) groups excluding carboxylic acids is 1. The van der Waals surface area contributed by atoms with Gasteiger partial charge in [0.15, 0.2) is 23.9 Å². The van der Waals surface area contributed by atoms with Crippen LogP contribution in [0.4, 0.5) is 10.1 Å². The molecule has 2 aromatic carbocycles. The smallest absolute Gasteiger partial charge is 0.339 e. The number of piperazine rings is 1. The maximum atomic E-state index is 16.0. The number of hydrogen-bond acceptors (Lipinski definition) is 9. The number of aryl methyl sites for hydroxylation is 2. The van der Waals surface area contributed by atoms with E-state index >= 15 is 4.39 Å². The normalized spacial score (nSPS) is 16.3. The van der Waals surface area contributed by atoms with Crippen molar-refractivity contribution in [3.63, 3.8) is 0 Å². The van der Waals surface area contributed by atoms with Crippen LogP contribution in [0.2, 0.25) is 0 Å². The Morgan fingerprint density at radius 2 is 1.77 bits per heavy atom. The van der Waals surface area contributed by atoms with Crippen molar-refractivity contribution >= 4 is 22.7 Å². The standard InChI is InChI=1S/C42H48FN5O5/c1-25-29-14-11-21-52-37(29)32(43)23-30(25)36-31-24-34(46(6)39(31)45-26(2)35(36)38(41(50)51-7)53-42(3,4)5)27-15-16-44-33(22-27)40(49)48-19-17-47(18-20-48)28-12-9-8-10-13-28/h8-10,12-13,15-16,22-24,38,40,49H,11,14,17-21H2,1-7H3. The number of rotatable bonds is 8. The van der Waals surface area contributed by atoms with Crippen LogP contribution in [0.3, 0.4) is 0 Å². The van der Waals surface area contributed by atoms with Gasteiger partial charge >= 0.3 is 5.97 Å². The lowest BCUT2D eigenvalue weighted by Crippen LogP contribution is -2.47. The fourth-order valence-electron chi connectivity index (χ4n) is 7.75. The molecule has 0 bridgehead atoms. The first-order valence-corrected chi connectivity index (χ1v) is 18.3. The van der Waals surface area contributed by atoms with Gasteiger partial charge in [0, 0.05) is 78.4 Å². The van der Waals surface area contributed by atoms with E-state index in [0.717, 1.165) is 47.3 Å². The molecule has 3 aromatic heterocycles. The van der Waals surface area contributed by atoms with Gasteiger partial charge in [-0.1, -0.05) is 18.2 Å². The molecule has 2 unspecified atom stereocenters. The molecule has 10 nitrogen and oxygen atoms in total. The highest BCUT2D eigenvalue weighted by molar-refractivity contribution is 6.01. The van der Waals surface area contributed by atoms with E-state index in [4.69, 9.17) is 19.2 Å². The highest BCUT2D eigenvalue weighted by Gasteiger charge is 2.35. The second-order valence-corrected chi connectivity index (χ2v) is 14.9. The number of aliphatic hydroxyl groups is 1. The van der Waals surface area contributed by atoms with Gasteiger partial charge in [-0.15, -0.1) is 0 Å². The van der Waals surface area contributed by atoms with Crippen LogP contribution >= 0.6 is 0 Å². The molecule has 278 valence electrons. The van der Waals surface area contributed by atoms with Crippen molar-refractivity contribution in [1.29, 1.82) is 0 Å². The van der Waals surface area contributed by atoms with Crippen molar-refractivity contribution in [2.24, 2.45) is 7.05 Å². The zero-order chi connectivity index (χ0) is 37.6. The summed E-state index contributed by atoms with van der Waals surface area (Å²) < 4.78 is 35.5. The van der Waals surface area contributed by atoms with Gasteiger partial charge in [0.2, 0.25) is 0 Å². The van der Waals surface area contributed by atoms with Crippen LogP contribution in [0, 0.1) is 19.7 Å². The minimum atomic E-state index is -1.13. The Morgan fingerprint density at radius 1 is 1.04 bits per heavy atom. The first kappa shape index (κ1) is 36.5. The molecule has 0 aliphatic carbocycles. The first-order valence-electron chi connectivity index (χ1n) is 18.3. The largest absolute Gasteiger partial charge is 0.490 e. The van der Waals surface area contributed by atoms with E-state index in [9.17, 15) is 9.90 Å². The SMILES string of the molecule is COC(=O)C(OC(C)(C)C)c1c(C)nc2c(cc(-c3ccnc(C(O)N4CCN(c5ccccc5)CC4)c3)n2C)c1-c1cc(F)c2c(c1C)CCCO2. The van der Waals surface area contributed by atoms with Gasteiger partial charge in [0.25, 0.3) is 0 Å². The Labute approximate surface area is 310 Å². The predicted octanol–water partition coefficient (Wildman–Crippen LogP) is 7.23. The van der Waals surface area contributed by atoms with Gasteiger partial charge in [0.1, 0.15) is 5.65 Å². The molecule has 0 radical (unpaired) electrons. The average molecular weight is 722 g/mol. The quantitative estimate of drug-likeness (QED) is 0.166. The van der Waals surface area contributed by atoms with Gasteiger partial charge in [-0.2, -0.15) is 0 Å². The van der Waals surface area contributed by atoms with E-state index in [0.29, 0.717) is 59.8 Å². The van der Waals surface area contributed by atoms with E-state index in [2.05, 4.69) is 22.0 Å². The average Bonchev–Trinajstić information content (AvgIpc) is 3.49. The third kappa shape index (κ3) is 7.01. The summed E-state index contributed by atoms with van der Waals surface area (Å²) in [6.45, 7) is 12.9. The van der Waals surface area contributed by atoms with E-state index in [-0.39, 0.29) is 5.75 Å². The monoisotopic (exact) mass is 721 g/mol. The maximum absolute atomic E-state index is 16.0. The Bertz CT molecular complexity index is 2150. The van der Waals surface area contributed by atoms with Crippen molar-refractivity contribution < 1.29 is 28.5 Å². The van der Waals surface area contributed by atoms with Crippen molar-refractivity contribution in [3.05, 3.63) is 94.7 Å². The molecule has 2 atom stereocenters. The van der Waals surface area contributed by atoms with Crippen LogP contribution in [0.1, 0.15) is 67.6 Å². The van der Waals surface area contributed by atoms with Gasteiger partial charge in [-0.3, -0.25) is 9.88 Å². The fraction of sp³-hybridized carbons (Fsp3) is 0.405. The summed E-state index contributed by atoms with van der Waals surface area (Å²) in [5.74, 6) is -0.735.